The quantitative estimate of drug-likeness (QED) is 0.0437. The van der Waals surface area contributed by atoms with Gasteiger partial charge in [0.05, 0.1) is 26.4 Å². The number of rotatable bonds is 24. The molecule has 0 bridgehead atoms. The van der Waals surface area contributed by atoms with Crippen molar-refractivity contribution in [1.29, 1.82) is 0 Å². The summed E-state index contributed by atoms with van der Waals surface area (Å²) in [5.41, 5.74) is 13.4. The average molecular weight is 1630 g/mol. The number of carbonyl (C=O) groups is 4. The highest BCUT2D eigenvalue weighted by atomic mass is 16.6. The molecule has 16 aromatic rings. The Morgan fingerprint density at radius 2 is 0.451 bits per heavy atom. The van der Waals surface area contributed by atoms with Crippen molar-refractivity contribution in [3.63, 3.8) is 0 Å². The number of ether oxygens (including phenoxy) is 6. The Bertz CT molecular complexity index is 5260. The Morgan fingerprint density at radius 3 is 0.648 bits per heavy atom. The van der Waals surface area contributed by atoms with Gasteiger partial charge >= 0.3 is 0 Å². The first kappa shape index (κ1) is 84.1. The number of benzene rings is 12. The zero-order valence-corrected chi connectivity index (χ0v) is 67.0. The summed E-state index contributed by atoms with van der Waals surface area (Å²) in [4.78, 5) is 66.6. The molecule has 0 saturated carbocycles. The largest absolute Gasteiger partial charge is 0.484 e. The van der Waals surface area contributed by atoms with Crippen molar-refractivity contribution in [3.05, 3.63) is 338 Å². The fraction of sp³-hybridized carbons (Fsp3) is 0.125. The van der Waals surface area contributed by atoms with E-state index in [0.29, 0.717) is 92.6 Å². The standard InChI is InChI=1S/4C23H19N3O3.C4H8O2/c4*1-16-10-12-20(13-11-16)28-15-21(27)24-19-9-5-8-18(14-19)23-25-22(26-29-23)17-6-3-2-4-7-17;1-2-6-4-3-5-1/h4*2-14H,15H2,1H3,(H,24,27);1-4H2. The summed E-state index contributed by atoms with van der Waals surface area (Å²) < 4.78 is 53.5. The topological polar surface area (TPSA) is 327 Å². The summed E-state index contributed by atoms with van der Waals surface area (Å²) in [6.45, 7) is 10.8. The van der Waals surface area contributed by atoms with Crippen LogP contribution in [0.2, 0.25) is 0 Å². The van der Waals surface area contributed by atoms with Gasteiger partial charge in [0.25, 0.3) is 47.2 Å². The smallest absolute Gasteiger partial charge is 0.262 e. The van der Waals surface area contributed by atoms with Crippen LogP contribution in [0, 0.1) is 27.7 Å². The van der Waals surface area contributed by atoms with E-state index in [9.17, 15) is 19.2 Å². The third-order valence-corrected chi connectivity index (χ3v) is 17.7. The fourth-order valence-electron chi connectivity index (χ4n) is 11.5. The minimum atomic E-state index is -0.252. The van der Waals surface area contributed by atoms with E-state index < -0.39 is 0 Å². The van der Waals surface area contributed by atoms with Gasteiger partial charge in [0.2, 0.25) is 23.3 Å². The fourth-order valence-corrected chi connectivity index (χ4v) is 11.5. The number of nitrogens with one attached hydrogen (secondary N) is 4. The maximum absolute atomic E-state index is 12.2. The van der Waals surface area contributed by atoms with Gasteiger partial charge in [-0.05, 0) is 149 Å². The molecule has 12 aromatic carbocycles. The lowest BCUT2D eigenvalue weighted by Gasteiger charge is -2.09. The highest BCUT2D eigenvalue weighted by Gasteiger charge is 2.18. The molecular formula is C96H84N12O14. The second-order valence-electron chi connectivity index (χ2n) is 27.3. The summed E-state index contributed by atoms with van der Waals surface area (Å²) in [6, 6.07) is 97.5. The van der Waals surface area contributed by atoms with Crippen molar-refractivity contribution in [1.82, 2.24) is 40.6 Å². The Labute approximate surface area is 702 Å². The number of nitrogens with zero attached hydrogens (tertiary/aromatic N) is 8. The molecule has 1 aliphatic rings. The molecule has 1 saturated heterocycles. The van der Waals surface area contributed by atoms with E-state index in [-0.39, 0.29) is 50.1 Å². The van der Waals surface area contributed by atoms with Crippen LogP contribution in [0.4, 0.5) is 22.7 Å². The number of carbonyl (C=O) groups excluding carboxylic acids is 4. The molecule has 1 fully saturated rings. The van der Waals surface area contributed by atoms with Crippen molar-refractivity contribution >= 4 is 46.4 Å². The summed E-state index contributed by atoms with van der Waals surface area (Å²) >= 11 is 0. The number of hydrogen-bond acceptors (Lipinski definition) is 22. The van der Waals surface area contributed by atoms with Crippen LogP contribution in [0.1, 0.15) is 22.3 Å². The van der Waals surface area contributed by atoms with Crippen LogP contribution in [0.25, 0.3) is 91.4 Å². The van der Waals surface area contributed by atoms with Gasteiger partial charge < -0.3 is 67.8 Å². The molecule has 4 amide bonds. The van der Waals surface area contributed by atoms with E-state index in [1.807, 2.05) is 295 Å². The predicted molar refractivity (Wildman–Crippen MR) is 464 cm³/mol. The third kappa shape index (κ3) is 26.1. The highest BCUT2D eigenvalue weighted by molar-refractivity contribution is 5.95. The second kappa shape index (κ2) is 43.4. The lowest BCUT2D eigenvalue weighted by Crippen LogP contribution is -2.20. The summed E-state index contributed by atoms with van der Waals surface area (Å²) in [5.74, 6) is 5.20. The number of aromatic nitrogens is 8. The molecule has 4 aromatic heterocycles. The van der Waals surface area contributed by atoms with E-state index in [0.717, 1.165) is 93.2 Å². The first-order chi connectivity index (χ1) is 59.7. The second-order valence-corrected chi connectivity index (χ2v) is 27.3. The van der Waals surface area contributed by atoms with Crippen LogP contribution in [0.3, 0.4) is 0 Å². The Hall–Kier alpha value is -15.8. The SMILES string of the molecule is C1COCCO1.Cc1ccc(OCC(=O)Nc2cccc(-c3nc(-c4ccccc4)no3)c2)cc1.Cc1ccc(OCC(=O)Nc2cccc(-c3nc(-c4ccccc4)no3)c2)cc1.Cc1ccc(OCC(=O)Nc2cccc(-c3nc(-c4ccccc4)no3)c2)cc1.Cc1ccc(OCC(=O)Nc2cccc(-c3nc(-c4ccccc4)no3)c2)cc1. The molecule has 1 aliphatic heterocycles. The average Bonchev–Trinajstić information content (AvgIpc) is 1.65. The van der Waals surface area contributed by atoms with E-state index in [1.54, 1.807) is 48.5 Å². The van der Waals surface area contributed by atoms with Gasteiger partial charge in [0.1, 0.15) is 23.0 Å². The van der Waals surface area contributed by atoms with E-state index in [2.05, 4.69) is 61.8 Å². The Balaban J connectivity index is 0.000000137. The number of hydrogen-bond donors (Lipinski definition) is 4. The van der Waals surface area contributed by atoms with Crippen molar-refractivity contribution in [2.45, 2.75) is 27.7 Å². The van der Waals surface area contributed by atoms with Crippen molar-refractivity contribution in [3.8, 4) is 114 Å². The van der Waals surface area contributed by atoms with Gasteiger partial charge in [0, 0.05) is 67.3 Å². The van der Waals surface area contributed by atoms with E-state index in [1.165, 1.54) is 0 Å². The van der Waals surface area contributed by atoms with Crippen molar-refractivity contribution in [2.24, 2.45) is 0 Å². The maximum Gasteiger partial charge on any atom is 0.262 e. The molecule has 0 unspecified atom stereocenters. The number of amides is 4. The van der Waals surface area contributed by atoms with Gasteiger partial charge in [-0.25, -0.2) is 0 Å². The molecule has 4 N–H and O–H groups in total. The minimum absolute atomic E-state index is 0.0774. The molecular weight excluding hydrogens is 1550 g/mol. The zero-order valence-electron chi connectivity index (χ0n) is 67.0. The molecule has 0 radical (unpaired) electrons. The van der Waals surface area contributed by atoms with Crippen LogP contribution in [0.5, 0.6) is 23.0 Å². The number of anilines is 4. The normalized spacial score (nSPS) is 11.2. The predicted octanol–water partition coefficient (Wildman–Crippen LogP) is 19.0. The maximum atomic E-state index is 12.2. The summed E-state index contributed by atoms with van der Waals surface area (Å²) in [5, 5.41) is 27.4. The first-order valence-electron chi connectivity index (χ1n) is 38.8. The molecule has 612 valence electrons. The molecule has 17 rings (SSSR count). The van der Waals surface area contributed by atoms with Gasteiger partial charge in [-0.2, -0.15) is 19.9 Å². The Kier molecular flexibility index (Phi) is 29.9. The molecule has 0 spiro atoms. The van der Waals surface area contributed by atoms with Crippen LogP contribution < -0.4 is 40.2 Å². The van der Waals surface area contributed by atoms with Gasteiger partial charge in [-0.3, -0.25) is 19.2 Å². The highest BCUT2D eigenvalue weighted by Crippen LogP contribution is 2.30. The van der Waals surface area contributed by atoms with E-state index >= 15 is 0 Å². The molecule has 26 heteroatoms. The molecule has 26 nitrogen and oxygen atoms in total. The lowest BCUT2D eigenvalue weighted by atomic mass is 10.2. The number of aryl methyl sites for hydroxylation is 4. The van der Waals surface area contributed by atoms with Crippen molar-refractivity contribution in [2.75, 3.05) is 74.1 Å². The zero-order chi connectivity index (χ0) is 84.5. The van der Waals surface area contributed by atoms with Crippen LogP contribution in [-0.4, -0.2) is 117 Å². The van der Waals surface area contributed by atoms with Crippen LogP contribution in [0.15, 0.2) is 334 Å². The first-order valence-corrected chi connectivity index (χ1v) is 38.8. The van der Waals surface area contributed by atoms with Gasteiger partial charge in [-0.1, -0.05) is 237 Å². The van der Waals surface area contributed by atoms with Crippen LogP contribution in [-0.2, 0) is 28.7 Å². The van der Waals surface area contributed by atoms with Crippen LogP contribution >= 0.6 is 0 Å². The molecule has 122 heavy (non-hydrogen) atoms. The molecule has 0 atom stereocenters. The van der Waals surface area contributed by atoms with Crippen molar-refractivity contribution < 1.29 is 65.7 Å². The molecule has 5 heterocycles. The summed E-state index contributed by atoms with van der Waals surface area (Å²) in [6.07, 6.45) is 0. The minimum Gasteiger partial charge on any atom is -0.484 e. The molecule has 0 aliphatic carbocycles. The lowest BCUT2D eigenvalue weighted by molar-refractivity contribution is -0.118. The van der Waals surface area contributed by atoms with Gasteiger partial charge in [-0.15, -0.1) is 0 Å². The summed E-state index contributed by atoms with van der Waals surface area (Å²) in [7, 11) is 0. The van der Waals surface area contributed by atoms with Gasteiger partial charge in [0.15, 0.2) is 26.4 Å². The van der Waals surface area contributed by atoms with E-state index in [4.69, 9.17) is 46.5 Å². The monoisotopic (exact) mass is 1630 g/mol. The third-order valence-electron chi connectivity index (χ3n) is 17.7. The Morgan fingerprint density at radius 1 is 0.254 bits per heavy atom.